The Morgan fingerprint density at radius 3 is 2.76 bits per heavy atom. The van der Waals surface area contributed by atoms with Gasteiger partial charge in [0.2, 0.25) is 11.8 Å². The minimum atomic E-state index is -0.196. The zero-order valence-corrected chi connectivity index (χ0v) is 13.6. The second-order valence-corrected chi connectivity index (χ2v) is 5.40. The fourth-order valence-electron chi connectivity index (χ4n) is 2.21. The highest BCUT2D eigenvalue weighted by atomic mass is 16.4. The SMILES string of the molecule is CC(=O)c1cccc(NC(=O)CCc2nnc(-c3ccccn3)o2)c1. The lowest BCUT2D eigenvalue weighted by Gasteiger charge is -2.05. The Balaban J connectivity index is 1.57. The summed E-state index contributed by atoms with van der Waals surface area (Å²) in [6.07, 6.45) is 2.15. The first-order chi connectivity index (χ1) is 12.1. The lowest BCUT2D eigenvalue weighted by molar-refractivity contribution is -0.116. The van der Waals surface area contributed by atoms with Crippen LogP contribution in [0.5, 0.6) is 0 Å². The van der Waals surface area contributed by atoms with Gasteiger partial charge in [-0.15, -0.1) is 10.2 Å². The number of carbonyl (C=O) groups is 2. The van der Waals surface area contributed by atoms with Gasteiger partial charge in [0.05, 0.1) is 0 Å². The topological polar surface area (TPSA) is 98.0 Å². The largest absolute Gasteiger partial charge is 0.419 e. The van der Waals surface area contributed by atoms with Crippen molar-refractivity contribution < 1.29 is 14.0 Å². The molecule has 3 aromatic rings. The zero-order chi connectivity index (χ0) is 17.6. The quantitative estimate of drug-likeness (QED) is 0.695. The van der Waals surface area contributed by atoms with Crippen molar-refractivity contribution in [3.8, 4) is 11.6 Å². The molecule has 0 atom stereocenters. The Morgan fingerprint density at radius 1 is 1.12 bits per heavy atom. The van der Waals surface area contributed by atoms with Gasteiger partial charge in [-0.1, -0.05) is 18.2 Å². The maximum absolute atomic E-state index is 12.0. The molecule has 7 heteroatoms. The van der Waals surface area contributed by atoms with Crippen molar-refractivity contribution in [2.45, 2.75) is 19.8 Å². The number of anilines is 1. The van der Waals surface area contributed by atoms with Crippen molar-refractivity contribution in [2.24, 2.45) is 0 Å². The molecule has 2 aromatic heterocycles. The molecular weight excluding hydrogens is 320 g/mol. The van der Waals surface area contributed by atoms with E-state index in [1.165, 1.54) is 6.92 Å². The number of aryl methyl sites for hydroxylation is 1. The predicted octanol–water partition coefficient (Wildman–Crippen LogP) is 2.91. The highest BCUT2D eigenvalue weighted by Gasteiger charge is 2.11. The summed E-state index contributed by atoms with van der Waals surface area (Å²) in [6.45, 7) is 1.48. The third-order valence-corrected chi connectivity index (χ3v) is 3.47. The van der Waals surface area contributed by atoms with Gasteiger partial charge in [0, 0.05) is 30.3 Å². The van der Waals surface area contributed by atoms with Gasteiger partial charge in [0.1, 0.15) is 5.69 Å². The molecule has 1 N–H and O–H groups in total. The number of hydrogen-bond acceptors (Lipinski definition) is 6. The average Bonchev–Trinajstić information content (AvgIpc) is 3.10. The molecule has 0 unspecified atom stereocenters. The van der Waals surface area contributed by atoms with E-state index in [1.54, 1.807) is 42.6 Å². The van der Waals surface area contributed by atoms with Crippen LogP contribution < -0.4 is 5.32 Å². The first-order valence-corrected chi connectivity index (χ1v) is 7.76. The van der Waals surface area contributed by atoms with Crippen molar-refractivity contribution >= 4 is 17.4 Å². The molecule has 0 saturated carbocycles. The van der Waals surface area contributed by atoms with E-state index >= 15 is 0 Å². The van der Waals surface area contributed by atoms with Crippen LogP contribution in [0.4, 0.5) is 5.69 Å². The summed E-state index contributed by atoms with van der Waals surface area (Å²) >= 11 is 0. The van der Waals surface area contributed by atoms with Crippen LogP contribution in [-0.2, 0) is 11.2 Å². The zero-order valence-electron chi connectivity index (χ0n) is 13.6. The molecule has 1 amide bonds. The van der Waals surface area contributed by atoms with Gasteiger partial charge in [0.25, 0.3) is 5.89 Å². The third-order valence-electron chi connectivity index (χ3n) is 3.47. The second kappa shape index (κ2) is 7.48. The number of carbonyl (C=O) groups excluding carboxylic acids is 2. The highest BCUT2D eigenvalue weighted by Crippen LogP contribution is 2.16. The molecule has 0 bridgehead atoms. The number of hydrogen-bond donors (Lipinski definition) is 1. The summed E-state index contributed by atoms with van der Waals surface area (Å²) in [5, 5.41) is 10.6. The van der Waals surface area contributed by atoms with Gasteiger partial charge >= 0.3 is 0 Å². The van der Waals surface area contributed by atoms with Crippen LogP contribution >= 0.6 is 0 Å². The number of nitrogens with one attached hydrogen (secondary N) is 1. The summed E-state index contributed by atoms with van der Waals surface area (Å²) < 4.78 is 5.51. The molecule has 0 fully saturated rings. The Labute approximate surface area is 144 Å². The minimum Gasteiger partial charge on any atom is -0.419 e. The van der Waals surface area contributed by atoms with Crippen molar-refractivity contribution in [3.05, 3.63) is 60.1 Å². The Bertz CT molecular complexity index is 890. The van der Waals surface area contributed by atoms with E-state index in [0.29, 0.717) is 35.1 Å². The molecular formula is C18H16N4O3. The van der Waals surface area contributed by atoms with E-state index in [2.05, 4.69) is 20.5 Å². The van der Waals surface area contributed by atoms with E-state index in [9.17, 15) is 9.59 Å². The predicted molar refractivity (Wildman–Crippen MR) is 90.9 cm³/mol. The van der Waals surface area contributed by atoms with Crippen molar-refractivity contribution in [1.82, 2.24) is 15.2 Å². The Morgan fingerprint density at radius 2 is 2.00 bits per heavy atom. The first-order valence-electron chi connectivity index (χ1n) is 7.76. The molecule has 0 aliphatic rings. The van der Waals surface area contributed by atoms with Crippen molar-refractivity contribution in [1.29, 1.82) is 0 Å². The monoisotopic (exact) mass is 336 g/mol. The van der Waals surface area contributed by atoms with Gasteiger partial charge in [-0.25, -0.2) is 0 Å². The standard InChI is InChI=1S/C18H16N4O3/c1-12(23)13-5-4-6-14(11-13)20-16(24)8-9-17-21-22-18(25-17)15-7-2-3-10-19-15/h2-7,10-11H,8-9H2,1H3,(H,20,24). The van der Waals surface area contributed by atoms with Crippen LogP contribution in [0.25, 0.3) is 11.6 Å². The van der Waals surface area contributed by atoms with Gasteiger partial charge in [-0.3, -0.25) is 14.6 Å². The van der Waals surface area contributed by atoms with Gasteiger partial charge in [0.15, 0.2) is 5.78 Å². The van der Waals surface area contributed by atoms with Crippen LogP contribution in [0.1, 0.15) is 29.6 Å². The molecule has 1 aromatic carbocycles. The number of Topliss-reactive ketones (excluding diaryl/α,β-unsaturated/α-hetero) is 1. The molecule has 2 heterocycles. The van der Waals surface area contributed by atoms with E-state index in [-0.39, 0.29) is 18.1 Å². The summed E-state index contributed by atoms with van der Waals surface area (Å²) in [4.78, 5) is 27.5. The first kappa shape index (κ1) is 16.5. The van der Waals surface area contributed by atoms with Crippen LogP contribution in [0.3, 0.4) is 0 Å². The molecule has 0 spiro atoms. The maximum atomic E-state index is 12.0. The van der Waals surface area contributed by atoms with Crippen LogP contribution in [-0.4, -0.2) is 26.9 Å². The van der Waals surface area contributed by atoms with Crippen LogP contribution in [0.2, 0.25) is 0 Å². The number of pyridine rings is 1. The van der Waals surface area contributed by atoms with Gasteiger partial charge in [-0.05, 0) is 31.2 Å². The van der Waals surface area contributed by atoms with E-state index in [4.69, 9.17) is 4.42 Å². The Hall–Kier alpha value is -3.35. The second-order valence-electron chi connectivity index (χ2n) is 5.40. The van der Waals surface area contributed by atoms with Gasteiger partial charge in [-0.2, -0.15) is 0 Å². The molecule has 25 heavy (non-hydrogen) atoms. The average molecular weight is 336 g/mol. The number of ketones is 1. The molecule has 126 valence electrons. The van der Waals surface area contributed by atoms with E-state index in [0.717, 1.165) is 0 Å². The summed E-state index contributed by atoms with van der Waals surface area (Å²) in [5.41, 5.74) is 1.72. The molecule has 0 radical (unpaired) electrons. The molecule has 0 saturated heterocycles. The van der Waals surface area contributed by atoms with Crippen LogP contribution in [0.15, 0.2) is 53.1 Å². The van der Waals surface area contributed by atoms with Crippen LogP contribution in [0, 0.1) is 0 Å². The van der Waals surface area contributed by atoms with E-state index in [1.807, 2.05) is 6.07 Å². The maximum Gasteiger partial charge on any atom is 0.266 e. The fourth-order valence-corrected chi connectivity index (χ4v) is 2.21. The number of nitrogens with zero attached hydrogens (tertiary/aromatic N) is 3. The lowest BCUT2D eigenvalue weighted by atomic mass is 10.1. The third kappa shape index (κ3) is 4.35. The number of aromatic nitrogens is 3. The smallest absolute Gasteiger partial charge is 0.266 e. The fraction of sp³-hybridized carbons (Fsp3) is 0.167. The summed E-state index contributed by atoms with van der Waals surface area (Å²) in [6, 6.07) is 12.2. The minimum absolute atomic E-state index is 0.0518. The van der Waals surface area contributed by atoms with Crippen molar-refractivity contribution in [3.63, 3.8) is 0 Å². The van der Waals surface area contributed by atoms with Gasteiger partial charge < -0.3 is 9.73 Å². The lowest BCUT2D eigenvalue weighted by Crippen LogP contribution is -2.12. The van der Waals surface area contributed by atoms with E-state index < -0.39 is 0 Å². The number of amides is 1. The molecule has 7 nitrogen and oxygen atoms in total. The number of rotatable bonds is 6. The van der Waals surface area contributed by atoms with Crippen molar-refractivity contribution in [2.75, 3.05) is 5.32 Å². The highest BCUT2D eigenvalue weighted by molar-refractivity contribution is 5.97. The normalized spacial score (nSPS) is 10.4. The Kier molecular flexibility index (Phi) is 4.94. The molecule has 0 aliphatic heterocycles. The summed E-state index contributed by atoms with van der Waals surface area (Å²) in [7, 11) is 0. The summed E-state index contributed by atoms with van der Waals surface area (Å²) in [5.74, 6) is 0.445. The molecule has 3 rings (SSSR count). The number of benzene rings is 1. The molecule has 0 aliphatic carbocycles.